The smallest absolute Gasteiger partial charge is 0.169 e. The van der Waals surface area contributed by atoms with E-state index < -0.39 is 0 Å². The summed E-state index contributed by atoms with van der Waals surface area (Å²) < 4.78 is 16.9. The van der Waals surface area contributed by atoms with E-state index in [0.717, 1.165) is 46.3 Å². The molecule has 1 unspecified atom stereocenters. The Bertz CT molecular complexity index is 908. The van der Waals surface area contributed by atoms with Crippen LogP contribution in [0.2, 0.25) is 0 Å². The molecule has 0 fully saturated rings. The van der Waals surface area contributed by atoms with Gasteiger partial charge in [-0.15, -0.1) is 0 Å². The molecular weight excluding hydrogens is 346 g/mol. The number of hydrogen-bond acceptors (Lipinski definition) is 6. The number of hydrogen-bond donors (Lipinski definition) is 2. The molecule has 6 nitrogen and oxygen atoms in total. The molecule has 2 aromatic carbocycles. The zero-order chi connectivity index (χ0) is 19.3. The van der Waals surface area contributed by atoms with Crippen LogP contribution in [0.25, 0.3) is 11.1 Å². The van der Waals surface area contributed by atoms with E-state index in [1.165, 1.54) is 7.11 Å². The van der Waals surface area contributed by atoms with Crippen molar-refractivity contribution in [1.82, 2.24) is 4.90 Å². The molecule has 0 aromatic heterocycles. The maximum atomic E-state index is 11.1. The Labute approximate surface area is 158 Å². The maximum absolute atomic E-state index is 11.1. The molecule has 1 atom stereocenters. The highest BCUT2D eigenvalue weighted by Gasteiger charge is 2.34. The number of fused-ring (bicyclic) bond motifs is 5. The van der Waals surface area contributed by atoms with Gasteiger partial charge in [-0.05, 0) is 54.8 Å². The average Bonchev–Trinajstić information content (AvgIpc) is 2.83. The highest BCUT2D eigenvalue weighted by Crippen LogP contribution is 2.52. The van der Waals surface area contributed by atoms with Gasteiger partial charge in [-0.1, -0.05) is 0 Å². The third-order valence-electron chi connectivity index (χ3n) is 5.86. The predicted molar refractivity (Wildman–Crippen MR) is 102 cm³/mol. The van der Waals surface area contributed by atoms with Crippen molar-refractivity contribution in [3.8, 4) is 34.1 Å². The Morgan fingerprint density at radius 1 is 1.11 bits per heavy atom. The van der Waals surface area contributed by atoms with Crippen molar-refractivity contribution in [2.24, 2.45) is 0 Å². The summed E-state index contributed by atoms with van der Waals surface area (Å²) in [6, 6.07) is 3.55. The SMILES string of the molecule is COc1cc2c(cc1O)COCc1c3c(c(O)c(OC)c1-2)C(C)N(C)CC3. The van der Waals surface area contributed by atoms with Crippen molar-refractivity contribution in [1.29, 1.82) is 0 Å². The first-order valence-electron chi connectivity index (χ1n) is 9.10. The molecule has 0 amide bonds. The molecule has 2 aromatic rings. The van der Waals surface area contributed by atoms with Gasteiger partial charge in [0, 0.05) is 23.7 Å². The second kappa shape index (κ2) is 6.62. The fraction of sp³-hybridized carbons (Fsp3) is 0.429. The molecule has 2 heterocycles. The van der Waals surface area contributed by atoms with Crippen LogP contribution in [0.4, 0.5) is 0 Å². The monoisotopic (exact) mass is 371 g/mol. The summed E-state index contributed by atoms with van der Waals surface area (Å²) in [5.41, 5.74) is 5.62. The molecule has 2 aliphatic rings. The summed E-state index contributed by atoms with van der Waals surface area (Å²) in [5.74, 6) is 1.09. The minimum atomic E-state index is 0.0692. The van der Waals surface area contributed by atoms with Crippen LogP contribution in [0.1, 0.15) is 35.2 Å². The number of rotatable bonds is 2. The zero-order valence-corrected chi connectivity index (χ0v) is 16.1. The summed E-state index contributed by atoms with van der Waals surface area (Å²) in [6.07, 6.45) is 0.837. The lowest BCUT2D eigenvalue weighted by atomic mass is 9.83. The number of likely N-dealkylation sites (N-methyl/N-ethyl adjacent to an activating group) is 1. The molecule has 6 heteroatoms. The first kappa shape index (κ1) is 17.9. The molecule has 0 saturated heterocycles. The van der Waals surface area contributed by atoms with Gasteiger partial charge >= 0.3 is 0 Å². The molecule has 0 spiro atoms. The van der Waals surface area contributed by atoms with Crippen LogP contribution in [0.3, 0.4) is 0 Å². The summed E-state index contributed by atoms with van der Waals surface area (Å²) in [4.78, 5) is 2.22. The van der Waals surface area contributed by atoms with Gasteiger partial charge < -0.3 is 24.4 Å². The van der Waals surface area contributed by atoms with Gasteiger partial charge in [0.2, 0.25) is 0 Å². The number of nitrogens with zero attached hydrogens (tertiary/aromatic N) is 1. The maximum Gasteiger partial charge on any atom is 0.169 e. The molecule has 0 bridgehead atoms. The Morgan fingerprint density at radius 3 is 2.59 bits per heavy atom. The lowest BCUT2D eigenvalue weighted by Gasteiger charge is -2.35. The van der Waals surface area contributed by atoms with Gasteiger partial charge in [0.15, 0.2) is 23.0 Å². The van der Waals surface area contributed by atoms with Crippen LogP contribution in [0.5, 0.6) is 23.0 Å². The Morgan fingerprint density at radius 2 is 1.89 bits per heavy atom. The molecule has 4 rings (SSSR count). The lowest BCUT2D eigenvalue weighted by molar-refractivity contribution is 0.108. The molecule has 0 aliphatic carbocycles. The molecule has 144 valence electrons. The standard InChI is InChI=1S/C21H25NO5/c1-11-18-13(5-6-22(11)2)15-10-27-9-12-7-16(23)17(25-3)8-14(12)19(15)21(26-4)20(18)24/h7-8,11,23-24H,5-6,9-10H2,1-4H3. The first-order valence-corrected chi connectivity index (χ1v) is 9.10. The minimum absolute atomic E-state index is 0.0692. The molecule has 0 saturated carbocycles. The quantitative estimate of drug-likeness (QED) is 0.844. The van der Waals surface area contributed by atoms with Crippen molar-refractivity contribution in [3.63, 3.8) is 0 Å². The van der Waals surface area contributed by atoms with Crippen LogP contribution in [-0.2, 0) is 24.4 Å². The van der Waals surface area contributed by atoms with E-state index >= 15 is 0 Å². The van der Waals surface area contributed by atoms with Crippen LogP contribution in [0, 0.1) is 0 Å². The average molecular weight is 371 g/mol. The molecule has 2 N–H and O–H groups in total. The van der Waals surface area contributed by atoms with Gasteiger partial charge in [-0.25, -0.2) is 0 Å². The number of phenolic OH excluding ortho intramolecular Hbond substituents is 2. The van der Waals surface area contributed by atoms with Crippen LogP contribution >= 0.6 is 0 Å². The van der Waals surface area contributed by atoms with E-state index in [1.54, 1.807) is 19.2 Å². The van der Waals surface area contributed by atoms with Gasteiger partial charge in [0.1, 0.15) is 0 Å². The van der Waals surface area contributed by atoms with E-state index in [9.17, 15) is 10.2 Å². The van der Waals surface area contributed by atoms with Crippen molar-refractivity contribution in [3.05, 3.63) is 34.4 Å². The van der Waals surface area contributed by atoms with E-state index in [-0.39, 0.29) is 17.5 Å². The molecule has 2 aliphatic heterocycles. The van der Waals surface area contributed by atoms with Crippen molar-refractivity contribution in [2.45, 2.75) is 32.6 Å². The number of methoxy groups -OCH3 is 2. The van der Waals surface area contributed by atoms with E-state index in [4.69, 9.17) is 14.2 Å². The highest BCUT2D eigenvalue weighted by molar-refractivity contribution is 5.84. The van der Waals surface area contributed by atoms with Gasteiger partial charge in [0.05, 0.1) is 27.4 Å². The van der Waals surface area contributed by atoms with E-state index in [2.05, 4.69) is 18.9 Å². The third-order valence-corrected chi connectivity index (χ3v) is 5.86. The summed E-state index contributed by atoms with van der Waals surface area (Å²) >= 11 is 0. The zero-order valence-electron chi connectivity index (χ0n) is 16.1. The first-order chi connectivity index (χ1) is 13.0. The highest BCUT2D eigenvalue weighted by atomic mass is 16.5. The molecule has 0 radical (unpaired) electrons. The van der Waals surface area contributed by atoms with Crippen LogP contribution in [-0.4, -0.2) is 42.9 Å². The van der Waals surface area contributed by atoms with Crippen molar-refractivity contribution >= 4 is 0 Å². The van der Waals surface area contributed by atoms with E-state index in [1.807, 2.05) is 0 Å². The number of aromatic hydroxyl groups is 2. The number of benzene rings is 2. The minimum Gasteiger partial charge on any atom is -0.504 e. The summed E-state index contributed by atoms with van der Waals surface area (Å²) in [5, 5.41) is 21.3. The Hall–Kier alpha value is -2.44. The molecule has 27 heavy (non-hydrogen) atoms. The van der Waals surface area contributed by atoms with Gasteiger partial charge in [0.25, 0.3) is 0 Å². The summed E-state index contributed by atoms with van der Waals surface area (Å²) in [6.45, 7) is 3.81. The summed E-state index contributed by atoms with van der Waals surface area (Å²) in [7, 11) is 5.15. The normalized spacial score (nSPS) is 18.9. The van der Waals surface area contributed by atoms with E-state index in [0.29, 0.717) is 24.7 Å². The Balaban J connectivity index is 2.07. The number of ether oxygens (including phenoxy) is 3. The van der Waals surface area contributed by atoms with Crippen molar-refractivity contribution < 1.29 is 24.4 Å². The lowest BCUT2D eigenvalue weighted by Crippen LogP contribution is -2.31. The molecular formula is C21H25NO5. The fourth-order valence-corrected chi connectivity index (χ4v) is 4.31. The second-order valence-corrected chi connectivity index (χ2v) is 7.21. The largest absolute Gasteiger partial charge is 0.504 e. The fourth-order valence-electron chi connectivity index (χ4n) is 4.31. The van der Waals surface area contributed by atoms with Gasteiger partial charge in [-0.2, -0.15) is 0 Å². The van der Waals surface area contributed by atoms with Crippen LogP contribution < -0.4 is 9.47 Å². The topological polar surface area (TPSA) is 71.4 Å². The van der Waals surface area contributed by atoms with Crippen LogP contribution in [0.15, 0.2) is 12.1 Å². The second-order valence-electron chi connectivity index (χ2n) is 7.21. The van der Waals surface area contributed by atoms with Crippen molar-refractivity contribution in [2.75, 3.05) is 27.8 Å². The predicted octanol–water partition coefficient (Wildman–Crippen LogP) is 3.36. The Kier molecular flexibility index (Phi) is 4.40. The van der Waals surface area contributed by atoms with Gasteiger partial charge in [-0.3, -0.25) is 4.90 Å². The number of phenols is 2. The third kappa shape index (κ3) is 2.63.